The minimum Gasteiger partial charge on any atom is -0.488 e. The van der Waals surface area contributed by atoms with Crippen LogP contribution in [-0.2, 0) is 0 Å². The van der Waals surface area contributed by atoms with Crippen molar-refractivity contribution in [2.24, 2.45) is 5.92 Å². The Morgan fingerprint density at radius 3 is 2.96 bits per heavy atom. The van der Waals surface area contributed by atoms with Crippen LogP contribution in [0.1, 0.15) is 28.9 Å². The number of rotatable bonds is 5. The molecular weight excluding hydrogens is 323 g/mol. The molecule has 3 rings (SSSR count). The average Bonchev–Trinajstić information content (AvgIpc) is 2.93. The molecule has 1 aromatic heterocycles. The van der Waals surface area contributed by atoms with Crippen LogP contribution in [0.3, 0.4) is 0 Å². The summed E-state index contributed by atoms with van der Waals surface area (Å²) in [5.74, 6) is -0.250. The molecule has 1 fully saturated rings. The number of halogens is 1. The van der Waals surface area contributed by atoms with Gasteiger partial charge >= 0.3 is 0 Å². The van der Waals surface area contributed by atoms with Crippen LogP contribution >= 0.6 is 0 Å². The number of carbonyl (C=O) groups is 1. The normalized spacial score (nSPS) is 22.6. The summed E-state index contributed by atoms with van der Waals surface area (Å²) in [6.45, 7) is 2.19. The van der Waals surface area contributed by atoms with Gasteiger partial charge in [-0.1, -0.05) is 6.07 Å². The lowest BCUT2D eigenvalue weighted by Gasteiger charge is -2.21. The first kappa shape index (κ1) is 17.4. The minimum atomic E-state index is -0.706. The van der Waals surface area contributed by atoms with E-state index in [4.69, 9.17) is 4.74 Å². The van der Waals surface area contributed by atoms with E-state index in [0.29, 0.717) is 24.3 Å². The second-order valence-corrected chi connectivity index (χ2v) is 6.34. The third-order valence-corrected chi connectivity index (χ3v) is 4.45. The standard InChI is InChI=1S/C19H21FN2O3/c1-12-9-13(7-8-21-12)19(24)22-11-14-5-6-17(18(14)23)25-16-4-2-3-15(20)10-16/h2-4,7-10,14,17-18,23H,5-6,11H2,1H3,(H,22,24)/t14-,17-,18-/m1/s1. The molecule has 0 bridgehead atoms. The monoisotopic (exact) mass is 344 g/mol. The van der Waals surface area contributed by atoms with Crippen LogP contribution in [0.15, 0.2) is 42.6 Å². The molecule has 0 unspecified atom stereocenters. The predicted molar refractivity (Wildman–Crippen MR) is 90.9 cm³/mol. The van der Waals surface area contributed by atoms with Crippen molar-refractivity contribution in [1.29, 1.82) is 0 Å². The van der Waals surface area contributed by atoms with Gasteiger partial charge in [-0.2, -0.15) is 0 Å². The fourth-order valence-corrected chi connectivity index (χ4v) is 3.10. The summed E-state index contributed by atoms with van der Waals surface area (Å²) < 4.78 is 18.9. The largest absolute Gasteiger partial charge is 0.488 e. The number of nitrogens with zero attached hydrogens (tertiary/aromatic N) is 1. The Balaban J connectivity index is 1.53. The summed E-state index contributed by atoms with van der Waals surface area (Å²) in [5, 5.41) is 13.3. The van der Waals surface area contributed by atoms with Gasteiger partial charge in [-0.05, 0) is 44.0 Å². The lowest BCUT2D eigenvalue weighted by Crippen LogP contribution is -2.37. The lowest BCUT2D eigenvalue weighted by atomic mass is 10.1. The van der Waals surface area contributed by atoms with Crippen LogP contribution < -0.4 is 10.1 Å². The second kappa shape index (κ2) is 7.61. The molecule has 1 amide bonds. The summed E-state index contributed by atoms with van der Waals surface area (Å²) in [6.07, 6.45) is 1.88. The van der Waals surface area contributed by atoms with Crippen molar-refractivity contribution in [2.45, 2.75) is 32.0 Å². The van der Waals surface area contributed by atoms with E-state index in [9.17, 15) is 14.3 Å². The Bertz CT molecular complexity index is 753. The Hall–Kier alpha value is -2.47. The van der Waals surface area contributed by atoms with Crippen LogP contribution in [0.25, 0.3) is 0 Å². The van der Waals surface area contributed by atoms with Gasteiger partial charge in [-0.3, -0.25) is 9.78 Å². The van der Waals surface area contributed by atoms with Crippen molar-refractivity contribution in [3.05, 3.63) is 59.7 Å². The highest BCUT2D eigenvalue weighted by atomic mass is 19.1. The molecule has 1 aliphatic carbocycles. The Labute approximate surface area is 145 Å². The molecule has 0 radical (unpaired) electrons. The van der Waals surface area contributed by atoms with Gasteiger partial charge in [-0.15, -0.1) is 0 Å². The van der Waals surface area contributed by atoms with Crippen molar-refractivity contribution in [3.63, 3.8) is 0 Å². The summed E-state index contributed by atoms with van der Waals surface area (Å²) in [5.41, 5.74) is 1.32. The Morgan fingerprint density at radius 1 is 1.36 bits per heavy atom. The first-order valence-electron chi connectivity index (χ1n) is 8.34. The van der Waals surface area contributed by atoms with Crippen molar-refractivity contribution >= 4 is 5.91 Å². The molecule has 6 heteroatoms. The van der Waals surface area contributed by atoms with Crippen LogP contribution in [0, 0.1) is 18.7 Å². The summed E-state index contributed by atoms with van der Waals surface area (Å²) in [6, 6.07) is 9.25. The highest BCUT2D eigenvalue weighted by molar-refractivity contribution is 5.94. The molecule has 2 N–H and O–H groups in total. The average molecular weight is 344 g/mol. The number of aromatic nitrogens is 1. The van der Waals surface area contributed by atoms with Gasteiger partial charge in [-0.25, -0.2) is 4.39 Å². The molecule has 1 saturated carbocycles. The van der Waals surface area contributed by atoms with E-state index >= 15 is 0 Å². The van der Waals surface area contributed by atoms with E-state index in [-0.39, 0.29) is 17.6 Å². The van der Waals surface area contributed by atoms with E-state index in [1.807, 2.05) is 6.92 Å². The highest BCUT2D eigenvalue weighted by Crippen LogP contribution is 2.29. The highest BCUT2D eigenvalue weighted by Gasteiger charge is 2.36. The zero-order chi connectivity index (χ0) is 17.8. The molecule has 25 heavy (non-hydrogen) atoms. The fraction of sp³-hybridized carbons (Fsp3) is 0.368. The minimum absolute atomic E-state index is 0.0922. The maximum absolute atomic E-state index is 13.2. The number of ether oxygens (including phenoxy) is 1. The molecule has 1 aliphatic rings. The van der Waals surface area contributed by atoms with Crippen molar-refractivity contribution in [2.75, 3.05) is 6.54 Å². The van der Waals surface area contributed by atoms with E-state index in [2.05, 4.69) is 10.3 Å². The number of hydrogen-bond acceptors (Lipinski definition) is 4. The maximum Gasteiger partial charge on any atom is 0.251 e. The molecule has 1 aromatic carbocycles. The number of nitrogens with one attached hydrogen (secondary N) is 1. The van der Waals surface area contributed by atoms with Gasteiger partial charge < -0.3 is 15.2 Å². The van der Waals surface area contributed by atoms with Crippen molar-refractivity contribution in [1.82, 2.24) is 10.3 Å². The molecule has 5 nitrogen and oxygen atoms in total. The van der Waals surface area contributed by atoms with E-state index in [1.54, 1.807) is 30.5 Å². The van der Waals surface area contributed by atoms with Crippen molar-refractivity contribution in [3.8, 4) is 5.75 Å². The molecular formula is C19H21FN2O3. The fourth-order valence-electron chi connectivity index (χ4n) is 3.10. The van der Waals surface area contributed by atoms with Gasteiger partial charge in [0.05, 0.1) is 6.10 Å². The third-order valence-electron chi connectivity index (χ3n) is 4.45. The number of aryl methyl sites for hydroxylation is 1. The number of amides is 1. The van der Waals surface area contributed by atoms with Crippen LogP contribution in [0.4, 0.5) is 4.39 Å². The second-order valence-electron chi connectivity index (χ2n) is 6.34. The summed E-state index contributed by atoms with van der Waals surface area (Å²) >= 11 is 0. The number of pyridine rings is 1. The topological polar surface area (TPSA) is 71.5 Å². The predicted octanol–water partition coefficient (Wildman–Crippen LogP) is 2.48. The number of hydrogen-bond donors (Lipinski definition) is 2. The van der Waals surface area contributed by atoms with Gasteiger partial charge in [0.15, 0.2) is 0 Å². The molecule has 0 spiro atoms. The number of benzene rings is 1. The quantitative estimate of drug-likeness (QED) is 0.874. The van der Waals surface area contributed by atoms with E-state index in [0.717, 1.165) is 12.1 Å². The summed E-state index contributed by atoms with van der Waals surface area (Å²) in [4.78, 5) is 16.2. The van der Waals surface area contributed by atoms with E-state index in [1.165, 1.54) is 12.1 Å². The first-order chi connectivity index (χ1) is 12.0. The van der Waals surface area contributed by atoms with E-state index < -0.39 is 12.2 Å². The SMILES string of the molecule is Cc1cc(C(=O)NC[C@H]2CC[C@@H](Oc3cccc(F)c3)[C@@H]2O)ccn1. The van der Waals surface area contributed by atoms with Crippen LogP contribution in [-0.4, -0.2) is 34.8 Å². The van der Waals surface area contributed by atoms with Crippen molar-refractivity contribution < 1.29 is 19.0 Å². The lowest BCUT2D eigenvalue weighted by molar-refractivity contribution is 0.0347. The molecule has 0 aliphatic heterocycles. The zero-order valence-electron chi connectivity index (χ0n) is 14.0. The van der Waals surface area contributed by atoms with Gasteiger partial charge in [0.25, 0.3) is 5.91 Å². The third kappa shape index (κ3) is 4.33. The number of aliphatic hydroxyl groups is 1. The maximum atomic E-state index is 13.2. The van der Waals surface area contributed by atoms with Crippen LogP contribution in [0.2, 0.25) is 0 Å². The molecule has 132 valence electrons. The Morgan fingerprint density at radius 2 is 2.20 bits per heavy atom. The van der Waals surface area contributed by atoms with Gasteiger partial charge in [0.1, 0.15) is 17.7 Å². The smallest absolute Gasteiger partial charge is 0.251 e. The Kier molecular flexibility index (Phi) is 5.28. The molecule has 2 aromatic rings. The van der Waals surface area contributed by atoms with Crippen LogP contribution in [0.5, 0.6) is 5.75 Å². The molecule has 1 heterocycles. The number of aliphatic hydroxyl groups excluding tert-OH is 1. The zero-order valence-corrected chi connectivity index (χ0v) is 14.0. The summed E-state index contributed by atoms with van der Waals surface area (Å²) in [7, 11) is 0. The molecule has 3 atom stereocenters. The van der Waals surface area contributed by atoms with Gasteiger partial charge in [0, 0.05) is 36.0 Å². The van der Waals surface area contributed by atoms with Gasteiger partial charge in [0.2, 0.25) is 0 Å². The molecule has 0 saturated heterocycles. The number of carbonyl (C=O) groups excluding carboxylic acids is 1. The first-order valence-corrected chi connectivity index (χ1v) is 8.34.